The summed E-state index contributed by atoms with van der Waals surface area (Å²) in [5.41, 5.74) is 0. The molecule has 3 heteroatoms. The first-order valence-electron chi connectivity index (χ1n) is 5.59. The van der Waals surface area contributed by atoms with Gasteiger partial charge in [0.25, 0.3) is 0 Å². The Hall–Kier alpha value is -0.570. The molecule has 2 heterocycles. The van der Waals surface area contributed by atoms with Crippen LogP contribution in [0.25, 0.3) is 0 Å². The summed E-state index contributed by atoms with van der Waals surface area (Å²) in [7, 11) is 0. The van der Waals surface area contributed by atoms with Crippen molar-refractivity contribution in [2.75, 3.05) is 11.4 Å². The van der Waals surface area contributed by atoms with Crippen LogP contribution >= 0.6 is 15.9 Å². The Morgan fingerprint density at radius 2 is 2.33 bits per heavy atom. The van der Waals surface area contributed by atoms with E-state index < -0.39 is 0 Å². The second-order valence-electron chi connectivity index (χ2n) is 4.39. The quantitative estimate of drug-likeness (QED) is 0.817. The number of nitrogens with zero attached hydrogens (tertiary/aromatic N) is 2. The lowest BCUT2D eigenvalue weighted by Crippen LogP contribution is -2.29. The molecule has 1 aromatic rings. The number of anilines is 1. The molecule has 82 valence electrons. The smallest absolute Gasteiger partial charge is 0.128 e. The van der Waals surface area contributed by atoms with Crippen LogP contribution in [0.1, 0.15) is 26.7 Å². The minimum atomic E-state index is 0.675. The molecular formula is C12H17BrN2. The van der Waals surface area contributed by atoms with Gasteiger partial charge >= 0.3 is 0 Å². The minimum Gasteiger partial charge on any atom is -0.353 e. The normalized spacial score (nSPS) is 25.9. The van der Waals surface area contributed by atoms with E-state index >= 15 is 0 Å². The highest BCUT2D eigenvalue weighted by molar-refractivity contribution is 9.10. The maximum absolute atomic E-state index is 4.47. The summed E-state index contributed by atoms with van der Waals surface area (Å²) in [6.45, 7) is 5.73. The Kier molecular flexibility index (Phi) is 3.29. The molecule has 1 fully saturated rings. The van der Waals surface area contributed by atoms with Gasteiger partial charge in [-0.05, 0) is 46.8 Å². The van der Waals surface area contributed by atoms with Gasteiger partial charge in [-0.15, -0.1) is 0 Å². The van der Waals surface area contributed by atoms with Gasteiger partial charge in [0.05, 0.1) is 0 Å². The van der Waals surface area contributed by atoms with Crippen LogP contribution in [-0.2, 0) is 0 Å². The van der Waals surface area contributed by atoms with Crippen LogP contribution in [0.5, 0.6) is 0 Å². The van der Waals surface area contributed by atoms with Crippen LogP contribution in [0.2, 0.25) is 0 Å². The number of halogens is 1. The lowest BCUT2D eigenvalue weighted by molar-refractivity contribution is 0.587. The monoisotopic (exact) mass is 268 g/mol. The summed E-state index contributed by atoms with van der Waals surface area (Å²) < 4.78 is 1.05. The Bertz CT molecular complexity index is 323. The number of pyridine rings is 1. The lowest BCUT2D eigenvalue weighted by atomic mass is 10.1. The third-order valence-electron chi connectivity index (χ3n) is 3.10. The predicted molar refractivity (Wildman–Crippen MR) is 67.1 cm³/mol. The summed E-state index contributed by atoms with van der Waals surface area (Å²) in [6.07, 6.45) is 4.39. The topological polar surface area (TPSA) is 16.1 Å². The first-order valence-corrected chi connectivity index (χ1v) is 6.38. The van der Waals surface area contributed by atoms with Crippen LogP contribution in [0, 0.1) is 5.92 Å². The Morgan fingerprint density at radius 3 is 2.93 bits per heavy atom. The molecule has 1 saturated heterocycles. The molecule has 0 amide bonds. The zero-order valence-electron chi connectivity index (χ0n) is 9.28. The summed E-state index contributed by atoms with van der Waals surface area (Å²) in [4.78, 5) is 6.91. The average Bonchev–Trinajstić information content (AvgIpc) is 2.61. The number of rotatable bonds is 2. The van der Waals surface area contributed by atoms with Gasteiger partial charge in [0.1, 0.15) is 5.82 Å². The van der Waals surface area contributed by atoms with Crippen LogP contribution in [0.15, 0.2) is 22.8 Å². The van der Waals surface area contributed by atoms with Gasteiger partial charge < -0.3 is 4.90 Å². The largest absolute Gasteiger partial charge is 0.353 e. The summed E-state index contributed by atoms with van der Waals surface area (Å²) in [5, 5.41) is 0. The minimum absolute atomic E-state index is 0.675. The molecule has 2 rings (SSSR count). The third-order valence-corrected chi connectivity index (χ3v) is 3.57. The third kappa shape index (κ3) is 2.33. The van der Waals surface area contributed by atoms with E-state index in [4.69, 9.17) is 0 Å². The zero-order valence-corrected chi connectivity index (χ0v) is 10.9. The fourth-order valence-corrected chi connectivity index (χ4v) is 2.59. The van der Waals surface area contributed by atoms with Crippen LogP contribution < -0.4 is 4.90 Å². The maximum Gasteiger partial charge on any atom is 0.128 e. The van der Waals surface area contributed by atoms with E-state index in [-0.39, 0.29) is 0 Å². The van der Waals surface area contributed by atoms with Crippen molar-refractivity contribution in [3.63, 3.8) is 0 Å². The molecule has 1 aliphatic heterocycles. The molecule has 0 bridgehead atoms. The molecule has 0 radical (unpaired) electrons. The molecule has 0 N–H and O–H groups in total. The molecule has 1 aromatic heterocycles. The van der Waals surface area contributed by atoms with Crippen LogP contribution in [0.4, 0.5) is 5.82 Å². The second-order valence-corrected chi connectivity index (χ2v) is 5.31. The van der Waals surface area contributed by atoms with Crippen molar-refractivity contribution in [1.29, 1.82) is 0 Å². The predicted octanol–water partition coefficient (Wildman–Crippen LogP) is 3.47. The van der Waals surface area contributed by atoms with Gasteiger partial charge in [0, 0.05) is 23.3 Å². The molecule has 0 aromatic carbocycles. The Balaban J connectivity index is 2.19. The Labute approximate surface area is 99.8 Å². The highest BCUT2D eigenvalue weighted by Crippen LogP contribution is 2.29. The van der Waals surface area contributed by atoms with Gasteiger partial charge in [-0.25, -0.2) is 4.98 Å². The fraction of sp³-hybridized carbons (Fsp3) is 0.583. The summed E-state index contributed by atoms with van der Waals surface area (Å²) >= 11 is 3.42. The van der Waals surface area contributed by atoms with Crippen LogP contribution in [0.3, 0.4) is 0 Å². The summed E-state index contributed by atoms with van der Waals surface area (Å²) in [5.74, 6) is 1.91. The molecular weight excluding hydrogens is 252 g/mol. The summed E-state index contributed by atoms with van der Waals surface area (Å²) in [6, 6.07) is 4.84. The van der Waals surface area contributed by atoms with Crippen molar-refractivity contribution in [3.8, 4) is 0 Å². The first kappa shape index (κ1) is 10.9. The van der Waals surface area contributed by atoms with Crippen molar-refractivity contribution in [2.45, 2.75) is 32.7 Å². The average molecular weight is 269 g/mol. The SMILES string of the molecule is CC[C@H]1C[C@@H](C)CN1c1ccc(Br)cn1. The van der Waals surface area contributed by atoms with Gasteiger partial charge in [0.2, 0.25) is 0 Å². The van der Waals surface area contributed by atoms with Gasteiger partial charge in [-0.1, -0.05) is 13.8 Å². The molecule has 1 aliphatic rings. The van der Waals surface area contributed by atoms with E-state index in [1.807, 2.05) is 6.20 Å². The molecule has 2 atom stereocenters. The van der Waals surface area contributed by atoms with Crippen molar-refractivity contribution >= 4 is 21.7 Å². The van der Waals surface area contributed by atoms with Crippen LogP contribution in [-0.4, -0.2) is 17.6 Å². The standard InChI is InChI=1S/C12H17BrN2/c1-3-11-6-9(2)8-15(11)12-5-4-10(13)7-14-12/h4-5,7,9,11H,3,6,8H2,1-2H3/t9-,11+/m1/s1. The van der Waals surface area contributed by atoms with Crippen molar-refractivity contribution in [1.82, 2.24) is 4.98 Å². The second kappa shape index (κ2) is 4.52. The lowest BCUT2D eigenvalue weighted by Gasteiger charge is -2.24. The van der Waals surface area contributed by atoms with E-state index in [9.17, 15) is 0 Å². The van der Waals surface area contributed by atoms with E-state index in [1.54, 1.807) is 0 Å². The molecule has 0 saturated carbocycles. The van der Waals surface area contributed by atoms with Gasteiger partial charge in [0.15, 0.2) is 0 Å². The molecule has 0 unspecified atom stereocenters. The first-order chi connectivity index (χ1) is 7.20. The highest BCUT2D eigenvalue weighted by Gasteiger charge is 2.28. The Morgan fingerprint density at radius 1 is 1.53 bits per heavy atom. The van der Waals surface area contributed by atoms with E-state index in [1.165, 1.54) is 12.8 Å². The fourth-order valence-electron chi connectivity index (χ4n) is 2.36. The number of aromatic nitrogens is 1. The molecule has 0 spiro atoms. The van der Waals surface area contributed by atoms with Crippen molar-refractivity contribution in [2.24, 2.45) is 5.92 Å². The van der Waals surface area contributed by atoms with Crippen molar-refractivity contribution in [3.05, 3.63) is 22.8 Å². The highest BCUT2D eigenvalue weighted by atomic mass is 79.9. The number of hydrogen-bond donors (Lipinski definition) is 0. The van der Waals surface area contributed by atoms with E-state index in [0.717, 1.165) is 22.8 Å². The van der Waals surface area contributed by atoms with E-state index in [2.05, 4.69) is 51.8 Å². The zero-order chi connectivity index (χ0) is 10.8. The molecule has 0 aliphatic carbocycles. The maximum atomic E-state index is 4.47. The van der Waals surface area contributed by atoms with Gasteiger partial charge in [-0.3, -0.25) is 0 Å². The van der Waals surface area contributed by atoms with E-state index in [0.29, 0.717) is 6.04 Å². The molecule has 2 nitrogen and oxygen atoms in total. The van der Waals surface area contributed by atoms with Crippen molar-refractivity contribution < 1.29 is 0 Å². The molecule has 15 heavy (non-hydrogen) atoms. The van der Waals surface area contributed by atoms with Gasteiger partial charge in [-0.2, -0.15) is 0 Å². The number of hydrogen-bond acceptors (Lipinski definition) is 2.